The first-order chi connectivity index (χ1) is 7.55. The van der Waals surface area contributed by atoms with Crippen LogP contribution < -0.4 is 0 Å². The van der Waals surface area contributed by atoms with Crippen molar-refractivity contribution in [1.82, 2.24) is 0 Å². The zero-order valence-electron chi connectivity index (χ0n) is 10.8. The largest absolute Gasteiger partial charge is 0.299 e. The van der Waals surface area contributed by atoms with Gasteiger partial charge in [-0.25, -0.2) is 0 Å². The van der Waals surface area contributed by atoms with Crippen LogP contribution in [0.4, 0.5) is 0 Å². The van der Waals surface area contributed by atoms with E-state index in [1.54, 1.807) is 0 Å². The maximum absolute atomic E-state index is 12.1. The van der Waals surface area contributed by atoms with Gasteiger partial charge in [0.15, 0.2) is 0 Å². The van der Waals surface area contributed by atoms with E-state index in [-0.39, 0.29) is 5.41 Å². The Balaban J connectivity index is 2.74. The number of Topliss-reactive ketones (excluding diaryl/α,β-unsaturated/α-hetero) is 1. The highest BCUT2D eigenvalue weighted by atomic mass is 16.1. The highest BCUT2D eigenvalue weighted by molar-refractivity contribution is 5.84. The van der Waals surface area contributed by atoms with Crippen LogP contribution in [0.5, 0.6) is 0 Å². The van der Waals surface area contributed by atoms with E-state index in [1.807, 2.05) is 0 Å². The summed E-state index contributed by atoms with van der Waals surface area (Å²) in [5.74, 6) is 0.738. The Hall–Kier alpha value is -0.850. The first-order valence-corrected chi connectivity index (χ1v) is 6.40. The molecule has 0 heterocycles. The van der Waals surface area contributed by atoms with Crippen LogP contribution in [0.2, 0.25) is 0 Å². The molecule has 0 N–H and O–H groups in total. The molecule has 0 aromatic heterocycles. The molecule has 90 valence electrons. The fourth-order valence-electron chi connectivity index (χ4n) is 1.93. The Kier molecular flexibility index (Phi) is 4.98. The predicted octanol–water partition coefficient (Wildman–Crippen LogP) is 4.29. The van der Waals surface area contributed by atoms with Gasteiger partial charge in [0.25, 0.3) is 0 Å². The van der Waals surface area contributed by atoms with Crippen molar-refractivity contribution < 1.29 is 4.79 Å². The molecule has 0 saturated carbocycles. The quantitative estimate of drug-likeness (QED) is 0.556. The molecule has 0 saturated heterocycles. The Morgan fingerprint density at radius 3 is 2.50 bits per heavy atom. The average Bonchev–Trinajstić information content (AvgIpc) is 2.24. The van der Waals surface area contributed by atoms with E-state index in [2.05, 4.69) is 45.1 Å². The van der Waals surface area contributed by atoms with Gasteiger partial charge in [-0.3, -0.25) is 4.79 Å². The molecule has 1 heteroatoms. The Bertz CT molecular complexity index is 284. The standard InChI is InChI=1S/C15H24O/c1-13-11-9-7-5-4-6-8-10-12-14(16)15(13,2)3/h4,6,9,11,13H,5,7-8,10,12H2,1-3H3. The Labute approximate surface area is 99.6 Å². The van der Waals surface area contributed by atoms with Crippen LogP contribution in [0, 0.1) is 11.3 Å². The third kappa shape index (κ3) is 3.62. The van der Waals surface area contributed by atoms with Crippen molar-refractivity contribution in [2.45, 2.75) is 52.9 Å². The first-order valence-electron chi connectivity index (χ1n) is 6.40. The van der Waals surface area contributed by atoms with Crippen LogP contribution in [0.3, 0.4) is 0 Å². The monoisotopic (exact) mass is 220 g/mol. The van der Waals surface area contributed by atoms with E-state index < -0.39 is 0 Å². The zero-order valence-corrected chi connectivity index (χ0v) is 10.8. The number of hydrogen-bond donors (Lipinski definition) is 0. The number of hydrogen-bond acceptors (Lipinski definition) is 1. The zero-order chi connectivity index (χ0) is 12.0. The average molecular weight is 220 g/mol. The molecule has 0 amide bonds. The molecular formula is C15H24O. The van der Waals surface area contributed by atoms with Crippen LogP contribution in [0.25, 0.3) is 0 Å². The lowest BCUT2D eigenvalue weighted by atomic mass is 9.74. The number of carbonyl (C=O) groups excluding carboxylic acids is 1. The first kappa shape index (κ1) is 13.2. The maximum atomic E-state index is 12.1. The summed E-state index contributed by atoms with van der Waals surface area (Å²) in [6.45, 7) is 6.30. The van der Waals surface area contributed by atoms with Crippen molar-refractivity contribution in [3.8, 4) is 0 Å². The van der Waals surface area contributed by atoms with E-state index in [1.165, 1.54) is 0 Å². The summed E-state index contributed by atoms with van der Waals surface area (Å²) in [6.07, 6.45) is 13.8. The summed E-state index contributed by atoms with van der Waals surface area (Å²) in [5, 5.41) is 0. The molecule has 0 fully saturated rings. The van der Waals surface area contributed by atoms with Crippen molar-refractivity contribution in [2.24, 2.45) is 11.3 Å². The summed E-state index contributed by atoms with van der Waals surface area (Å²) < 4.78 is 0. The summed E-state index contributed by atoms with van der Waals surface area (Å²) >= 11 is 0. The van der Waals surface area contributed by atoms with Gasteiger partial charge < -0.3 is 0 Å². The normalized spacial score (nSPS) is 27.2. The Morgan fingerprint density at radius 1 is 1.12 bits per heavy atom. The second kappa shape index (κ2) is 6.03. The fourth-order valence-corrected chi connectivity index (χ4v) is 1.93. The van der Waals surface area contributed by atoms with Gasteiger partial charge in [0.2, 0.25) is 0 Å². The fraction of sp³-hybridized carbons (Fsp3) is 0.667. The van der Waals surface area contributed by atoms with E-state index >= 15 is 0 Å². The molecule has 0 spiro atoms. The Morgan fingerprint density at radius 2 is 1.75 bits per heavy atom. The smallest absolute Gasteiger partial charge is 0.139 e. The minimum atomic E-state index is -0.209. The molecular weight excluding hydrogens is 196 g/mol. The van der Waals surface area contributed by atoms with Gasteiger partial charge in [-0.15, -0.1) is 0 Å². The number of ketones is 1. The van der Waals surface area contributed by atoms with E-state index in [0.717, 1.165) is 32.1 Å². The minimum absolute atomic E-state index is 0.209. The molecule has 1 atom stereocenters. The number of rotatable bonds is 0. The van der Waals surface area contributed by atoms with Gasteiger partial charge in [0.1, 0.15) is 5.78 Å². The van der Waals surface area contributed by atoms with Crippen LogP contribution in [-0.2, 0) is 4.79 Å². The van der Waals surface area contributed by atoms with Crippen molar-refractivity contribution in [3.05, 3.63) is 24.3 Å². The highest BCUT2D eigenvalue weighted by Crippen LogP contribution is 2.31. The van der Waals surface area contributed by atoms with Gasteiger partial charge in [-0.2, -0.15) is 0 Å². The van der Waals surface area contributed by atoms with E-state index in [0.29, 0.717) is 11.7 Å². The predicted molar refractivity (Wildman–Crippen MR) is 69.3 cm³/mol. The number of allylic oxidation sites excluding steroid dienone is 4. The summed E-state index contributed by atoms with van der Waals surface area (Å²) in [4.78, 5) is 12.1. The molecule has 0 aliphatic heterocycles. The molecule has 1 aliphatic carbocycles. The molecule has 0 aromatic carbocycles. The van der Waals surface area contributed by atoms with Crippen LogP contribution >= 0.6 is 0 Å². The van der Waals surface area contributed by atoms with Crippen molar-refractivity contribution in [2.75, 3.05) is 0 Å². The molecule has 1 aliphatic rings. The SMILES string of the molecule is CC1C=CCCC=CCCCC(=O)C1(C)C. The van der Waals surface area contributed by atoms with Gasteiger partial charge in [-0.05, 0) is 31.6 Å². The molecule has 0 bridgehead atoms. The third-order valence-electron chi connectivity index (χ3n) is 3.72. The summed E-state index contributed by atoms with van der Waals surface area (Å²) in [5.41, 5.74) is -0.209. The molecule has 1 unspecified atom stereocenters. The molecule has 0 aromatic rings. The molecule has 1 nitrogen and oxygen atoms in total. The summed E-state index contributed by atoms with van der Waals surface area (Å²) in [7, 11) is 0. The highest BCUT2D eigenvalue weighted by Gasteiger charge is 2.31. The molecule has 0 radical (unpaired) electrons. The van der Waals surface area contributed by atoms with Gasteiger partial charge in [-0.1, -0.05) is 45.1 Å². The topological polar surface area (TPSA) is 17.1 Å². The van der Waals surface area contributed by atoms with Gasteiger partial charge in [0.05, 0.1) is 0 Å². The molecule has 16 heavy (non-hydrogen) atoms. The lowest BCUT2D eigenvalue weighted by molar-refractivity contribution is -0.128. The minimum Gasteiger partial charge on any atom is -0.299 e. The van der Waals surface area contributed by atoms with Gasteiger partial charge >= 0.3 is 0 Å². The lowest BCUT2D eigenvalue weighted by Crippen LogP contribution is -2.30. The van der Waals surface area contributed by atoms with Crippen LogP contribution in [0.1, 0.15) is 52.9 Å². The second-order valence-corrected chi connectivity index (χ2v) is 5.30. The summed E-state index contributed by atoms with van der Waals surface area (Å²) in [6, 6.07) is 0. The van der Waals surface area contributed by atoms with Crippen LogP contribution in [-0.4, -0.2) is 5.78 Å². The van der Waals surface area contributed by atoms with Crippen molar-refractivity contribution >= 4 is 5.78 Å². The third-order valence-corrected chi connectivity index (χ3v) is 3.72. The van der Waals surface area contributed by atoms with Crippen molar-refractivity contribution in [3.63, 3.8) is 0 Å². The second-order valence-electron chi connectivity index (χ2n) is 5.30. The lowest BCUT2D eigenvalue weighted by Gasteiger charge is -2.28. The van der Waals surface area contributed by atoms with Crippen LogP contribution in [0.15, 0.2) is 24.3 Å². The van der Waals surface area contributed by atoms with Gasteiger partial charge in [0, 0.05) is 11.8 Å². The van der Waals surface area contributed by atoms with E-state index in [4.69, 9.17) is 0 Å². The molecule has 1 rings (SSSR count). The number of carbonyl (C=O) groups is 1. The van der Waals surface area contributed by atoms with E-state index in [9.17, 15) is 4.79 Å². The maximum Gasteiger partial charge on any atom is 0.139 e. The van der Waals surface area contributed by atoms with Crippen molar-refractivity contribution in [1.29, 1.82) is 0 Å².